The highest BCUT2D eigenvalue weighted by molar-refractivity contribution is 7.90. The number of urea groups is 1. The van der Waals surface area contributed by atoms with E-state index in [0.29, 0.717) is 0 Å². The number of halogens is 1. The van der Waals surface area contributed by atoms with Gasteiger partial charge in [0.05, 0.1) is 21.6 Å². The van der Waals surface area contributed by atoms with Crippen LogP contribution in [0.3, 0.4) is 0 Å². The van der Waals surface area contributed by atoms with Crippen molar-refractivity contribution in [3.63, 3.8) is 0 Å². The molecule has 1 atom stereocenters. The van der Waals surface area contributed by atoms with Gasteiger partial charge in [-0.1, -0.05) is 31.5 Å². The number of carbonyl (C=O) groups excluding carboxylic acids is 1. The monoisotopic (exact) mass is 386 g/mol. The van der Waals surface area contributed by atoms with Crippen LogP contribution in [-0.4, -0.2) is 20.7 Å². The van der Waals surface area contributed by atoms with Gasteiger partial charge in [-0.25, -0.2) is 13.2 Å². The maximum atomic E-state index is 12.3. The fourth-order valence-corrected chi connectivity index (χ4v) is 3.93. The van der Waals surface area contributed by atoms with Crippen LogP contribution in [0.15, 0.2) is 40.6 Å². The summed E-state index contributed by atoms with van der Waals surface area (Å²) in [6, 6.07) is 7.54. The summed E-state index contributed by atoms with van der Waals surface area (Å²) in [5.41, 5.74) is 0.255. The zero-order chi connectivity index (χ0) is 17.9. The molecule has 1 heterocycles. The van der Waals surface area contributed by atoms with Crippen LogP contribution < -0.4 is 10.6 Å². The molecule has 5 nitrogen and oxygen atoms in total. The fraction of sp³-hybridized carbons (Fsp3) is 0.312. The van der Waals surface area contributed by atoms with Crippen molar-refractivity contribution >= 4 is 44.5 Å². The SMILES string of the molecule is CC(C)[C@@H](NC(=O)Nc1cc(S(C)(=O)=O)ccc1Cl)c1cccs1. The van der Waals surface area contributed by atoms with Gasteiger partial charge in [-0.2, -0.15) is 0 Å². The molecule has 0 fully saturated rings. The van der Waals surface area contributed by atoms with E-state index in [1.807, 2.05) is 31.4 Å². The lowest BCUT2D eigenvalue weighted by atomic mass is 10.0. The molecule has 2 N–H and O–H groups in total. The zero-order valence-electron chi connectivity index (χ0n) is 13.5. The Morgan fingerprint density at radius 3 is 2.50 bits per heavy atom. The van der Waals surface area contributed by atoms with E-state index in [1.165, 1.54) is 18.2 Å². The number of hydrogen-bond acceptors (Lipinski definition) is 4. The van der Waals surface area contributed by atoms with Gasteiger partial charge in [-0.15, -0.1) is 11.3 Å². The highest BCUT2D eigenvalue weighted by Crippen LogP contribution is 2.27. The van der Waals surface area contributed by atoms with E-state index < -0.39 is 15.9 Å². The summed E-state index contributed by atoms with van der Waals surface area (Å²) in [6.07, 6.45) is 1.10. The Kier molecular flexibility index (Phi) is 5.90. The number of thiophene rings is 1. The molecule has 1 aromatic heterocycles. The lowest BCUT2D eigenvalue weighted by Gasteiger charge is -2.21. The van der Waals surface area contributed by atoms with Gasteiger partial charge >= 0.3 is 6.03 Å². The first-order valence-electron chi connectivity index (χ1n) is 7.29. The van der Waals surface area contributed by atoms with Crippen molar-refractivity contribution in [2.45, 2.75) is 24.8 Å². The number of carbonyl (C=O) groups is 1. The van der Waals surface area contributed by atoms with Gasteiger partial charge < -0.3 is 10.6 Å². The van der Waals surface area contributed by atoms with Crippen LogP contribution in [0.2, 0.25) is 5.02 Å². The van der Waals surface area contributed by atoms with E-state index >= 15 is 0 Å². The summed E-state index contributed by atoms with van der Waals surface area (Å²) >= 11 is 7.62. The van der Waals surface area contributed by atoms with Crippen molar-refractivity contribution in [2.24, 2.45) is 5.92 Å². The maximum absolute atomic E-state index is 12.3. The molecule has 0 saturated carbocycles. The minimum atomic E-state index is -3.38. The summed E-state index contributed by atoms with van der Waals surface area (Å²) in [7, 11) is -3.38. The Labute approximate surface area is 151 Å². The molecular formula is C16H19ClN2O3S2. The van der Waals surface area contributed by atoms with Crippen molar-refractivity contribution in [1.82, 2.24) is 5.32 Å². The topological polar surface area (TPSA) is 75.3 Å². The Morgan fingerprint density at radius 2 is 1.96 bits per heavy atom. The van der Waals surface area contributed by atoms with Gasteiger partial charge in [0.25, 0.3) is 0 Å². The number of sulfone groups is 1. The molecule has 0 saturated heterocycles. The summed E-state index contributed by atoms with van der Waals surface area (Å²) in [5, 5.41) is 7.76. The van der Waals surface area contributed by atoms with E-state index in [4.69, 9.17) is 11.6 Å². The predicted molar refractivity (Wildman–Crippen MR) is 98.6 cm³/mol. The minimum Gasteiger partial charge on any atom is -0.330 e. The average molecular weight is 387 g/mol. The van der Waals surface area contributed by atoms with Crippen LogP contribution in [0.5, 0.6) is 0 Å². The highest BCUT2D eigenvalue weighted by atomic mass is 35.5. The Balaban J connectivity index is 2.17. The van der Waals surface area contributed by atoms with Gasteiger partial charge in [0.2, 0.25) is 0 Å². The number of rotatable bonds is 5. The van der Waals surface area contributed by atoms with E-state index in [-0.39, 0.29) is 27.6 Å². The number of benzene rings is 1. The van der Waals surface area contributed by atoms with Crippen LogP contribution in [-0.2, 0) is 9.84 Å². The normalized spacial score (nSPS) is 12.9. The molecule has 0 aliphatic carbocycles. The van der Waals surface area contributed by atoms with Crippen molar-refractivity contribution in [1.29, 1.82) is 0 Å². The third-order valence-electron chi connectivity index (χ3n) is 3.42. The van der Waals surface area contributed by atoms with Gasteiger partial charge in [-0.3, -0.25) is 0 Å². The summed E-state index contributed by atoms with van der Waals surface area (Å²) in [5.74, 6) is 0.201. The molecule has 0 radical (unpaired) electrons. The summed E-state index contributed by atoms with van der Waals surface area (Å²) < 4.78 is 23.3. The molecule has 0 bridgehead atoms. The first kappa shape index (κ1) is 18.8. The molecule has 0 aliphatic rings. The summed E-state index contributed by atoms with van der Waals surface area (Å²) in [4.78, 5) is 13.5. The van der Waals surface area contributed by atoms with Crippen LogP contribution in [0.25, 0.3) is 0 Å². The van der Waals surface area contributed by atoms with E-state index in [1.54, 1.807) is 11.3 Å². The van der Waals surface area contributed by atoms with Crippen molar-refractivity contribution < 1.29 is 13.2 Å². The first-order chi connectivity index (χ1) is 11.2. The Bertz CT molecular complexity index is 818. The largest absolute Gasteiger partial charge is 0.330 e. The van der Waals surface area contributed by atoms with Crippen molar-refractivity contribution in [3.8, 4) is 0 Å². The van der Waals surface area contributed by atoms with Gasteiger partial charge in [0.15, 0.2) is 9.84 Å². The standard InChI is InChI=1S/C16H19ClN2O3S2/c1-10(2)15(14-5-4-8-23-14)19-16(20)18-13-9-11(24(3,21)22)6-7-12(13)17/h4-10,15H,1-3H3,(H2,18,19,20)/t15-/m1/s1. The second-order valence-electron chi connectivity index (χ2n) is 5.75. The second-order valence-corrected chi connectivity index (χ2v) is 9.15. The number of amides is 2. The molecule has 2 rings (SSSR count). The van der Waals surface area contributed by atoms with Crippen molar-refractivity contribution in [3.05, 3.63) is 45.6 Å². The molecule has 0 aliphatic heterocycles. The number of nitrogens with one attached hydrogen (secondary N) is 2. The smallest absolute Gasteiger partial charge is 0.319 e. The van der Waals surface area contributed by atoms with E-state index in [2.05, 4.69) is 10.6 Å². The third kappa shape index (κ3) is 4.72. The van der Waals surface area contributed by atoms with Crippen molar-refractivity contribution in [2.75, 3.05) is 11.6 Å². The van der Waals surface area contributed by atoms with Gasteiger partial charge in [0.1, 0.15) is 0 Å². The molecule has 0 unspecified atom stereocenters. The molecule has 24 heavy (non-hydrogen) atoms. The van der Waals surface area contributed by atoms with Crippen LogP contribution in [0.1, 0.15) is 24.8 Å². The third-order valence-corrected chi connectivity index (χ3v) is 5.81. The lowest BCUT2D eigenvalue weighted by molar-refractivity contribution is 0.245. The average Bonchev–Trinajstić information content (AvgIpc) is 2.99. The quantitative estimate of drug-likeness (QED) is 0.803. The first-order valence-corrected chi connectivity index (χ1v) is 10.4. The molecule has 2 aromatic rings. The fourth-order valence-electron chi connectivity index (χ4n) is 2.17. The molecule has 0 spiro atoms. The minimum absolute atomic E-state index is 0.0980. The van der Waals surface area contributed by atoms with Gasteiger partial charge in [-0.05, 0) is 35.6 Å². The molecule has 130 valence electrons. The Morgan fingerprint density at radius 1 is 1.25 bits per heavy atom. The predicted octanol–water partition coefficient (Wildman–Crippen LogP) is 4.32. The number of hydrogen-bond donors (Lipinski definition) is 2. The lowest BCUT2D eigenvalue weighted by Crippen LogP contribution is -2.34. The van der Waals surface area contributed by atoms with E-state index in [9.17, 15) is 13.2 Å². The van der Waals surface area contributed by atoms with Crippen LogP contribution in [0.4, 0.5) is 10.5 Å². The second kappa shape index (κ2) is 7.55. The van der Waals surface area contributed by atoms with Crippen LogP contribution in [0, 0.1) is 5.92 Å². The number of anilines is 1. The molecule has 2 amide bonds. The zero-order valence-corrected chi connectivity index (χ0v) is 15.9. The van der Waals surface area contributed by atoms with Gasteiger partial charge in [0, 0.05) is 11.1 Å². The van der Waals surface area contributed by atoms with E-state index in [0.717, 1.165) is 11.1 Å². The Hall–Kier alpha value is -1.57. The molecule has 8 heteroatoms. The molecule has 1 aromatic carbocycles. The highest BCUT2D eigenvalue weighted by Gasteiger charge is 2.20. The maximum Gasteiger partial charge on any atom is 0.319 e. The summed E-state index contributed by atoms with van der Waals surface area (Å²) in [6.45, 7) is 4.03. The van der Waals surface area contributed by atoms with Crippen LogP contribution >= 0.6 is 22.9 Å². The molecular weight excluding hydrogens is 368 g/mol.